The highest BCUT2D eigenvalue weighted by Crippen LogP contribution is 2.28. The normalized spacial score (nSPS) is 11.1. The molecule has 2 aromatic carbocycles. The minimum atomic E-state index is -0.374. The van der Waals surface area contributed by atoms with E-state index in [-0.39, 0.29) is 17.6 Å². The summed E-state index contributed by atoms with van der Waals surface area (Å²) < 4.78 is 7.88. The Morgan fingerprint density at radius 3 is 2.63 bits per heavy atom. The van der Waals surface area contributed by atoms with Gasteiger partial charge in [-0.05, 0) is 51.1 Å². The van der Waals surface area contributed by atoms with Crippen LogP contribution in [0.3, 0.4) is 0 Å². The molecule has 4 aromatic rings. The van der Waals surface area contributed by atoms with E-state index in [4.69, 9.17) is 4.74 Å². The molecule has 182 valence electrons. The van der Waals surface area contributed by atoms with Crippen molar-refractivity contribution in [2.75, 3.05) is 17.7 Å². The largest absolute Gasteiger partial charge is 0.462 e. The Balaban J connectivity index is 1.34. The Kier molecular flexibility index (Phi) is 8.42. The van der Waals surface area contributed by atoms with E-state index in [9.17, 15) is 9.59 Å². The molecule has 0 bridgehead atoms. The second-order valence-corrected chi connectivity index (χ2v) is 10.5. The molecule has 0 aliphatic heterocycles. The van der Waals surface area contributed by atoms with Gasteiger partial charge in [0.1, 0.15) is 5.82 Å². The number of carbonyl (C=O) groups excluding carboxylic acids is 2. The molecule has 0 saturated heterocycles. The van der Waals surface area contributed by atoms with Crippen molar-refractivity contribution in [3.05, 3.63) is 59.4 Å². The lowest BCUT2D eigenvalue weighted by Gasteiger charge is -2.07. The zero-order valence-electron chi connectivity index (χ0n) is 19.6. The Bertz CT molecular complexity index is 1330. The SMILES string of the molecule is CCOC(=O)c1ccc2nc(NC(=O)CSc3nnc(CSc4ccc(C)cc4)n3CC)sc2c1. The number of nitrogens with one attached hydrogen (secondary N) is 1. The van der Waals surface area contributed by atoms with Crippen LogP contribution in [0.5, 0.6) is 0 Å². The molecule has 0 fully saturated rings. The van der Waals surface area contributed by atoms with E-state index in [0.29, 0.717) is 33.7 Å². The summed E-state index contributed by atoms with van der Waals surface area (Å²) in [6.07, 6.45) is 0. The van der Waals surface area contributed by atoms with E-state index < -0.39 is 0 Å². The van der Waals surface area contributed by atoms with Crippen LogP contribution in [0.4, 0.5) is 5.13 Å². The number of fused-ring (bicyclic) bond motifs is 1. The number of ether oxygens (including phenoxy) is 1. The third-order valence-electron chi connectivity index (χ3n) is 4.98. The van der Waals surface area contributed by atoms with Crippen molar-refractivity contribution >= 4 is 62.1 Å². The zero-order chi connectivity index (χ0) is 24.8. The number of aryl methyl sites for hydroxylation is 1. The van der Waals surface area contributed by atoms with Crippen LogP contribution in [0, 0.1) is 6.92 Å². The number of hydrogen-bond donors (Lipinski definition) is 1. The maximum Gasteiger partial charge on any atom is 0.338 e. The zero-order valence-corrected chi connectivity index (χ0v) is 22.1. The van der Waals surface area contributed by atoms with E-state index in [1.165, 1.54) is 33.6 Å². The van der Waals surface area contributed by atoms with Crippen LogP contribution in [0.1, 0.15) is 35.6 Å². The summed E-state index contributed by atoms with van der Waals surface area (Å²) in [5.41, 5.74) is 2.41. The van der Waals surface area contributed by atoms with Gasteiger partial charge in [-0.15, -0.1) is 22.0 Å². The fraction of sp³-hybridized carbons (Fsp3) is 0.292. The number of rotatable bonds is 10. The van der Waals surface area contributed by atoms with Gasteiger partial charge < -0.3 is 14.6 Å². The van der Waals surface area contributed by atoms with Gasteiger partial charge in [0.2, 0.25) is 5.91 Å². The molecule has 0 saturated carbocycles. The molecule has 0 aliphatic carbocycles. The van der Waals surface area contributed by atoms with Gasteiger partial charge in [-0.3, -0.25) is 4.79 Å². The predicted molar refractivity (Wildman–Crippen MR) is 141 cm³/mol. The minimum Gasteiger partial charge on any atom is -0.462 e. The summed E-state index contributed by atoms with van der Waals surface area (Å²) in [5, 5.41) is 12.7. The number of benzene rings is 2. The van der Waals surface area contributed by atoms with E-state index in [2.05, 4.69) is 51.7 Å². The molecule has 0 spiro atoms. The smallest absolute Gasteiger partial charge is 0.338 e. The summed E-state index contributed by atoms with van der Waals surface area (Å²) in [5.74, 6) is 1.22. The van der Waals surface area contributed by atoms with Crippen LogP contribution in [-0.4, -0.2) is 44.0 Å². The number of esters is 1. The van der Waals surface area contributed by atoms with Crippen molar-refractivity contribution < 1.29 is 14.3 Å². The van der Waals surface area contributed by atoms with Gasteiger partial charge in [0.15, 0.2) is 10.3 Å². The number of nitrogens with zero attached hydrogens (tertiary/aromatic N) is 4. The molecular formula is C24H25N5O3S3. The van der Waals surface area contributed by atoms with Gasteiger partial charge in [-0.2, -0.15) is 0 Å². The fourth-order valence-electron chi connectivity index (χ4n) is 3.24. The Morgan fingerprint density at radius 2 is 1.89 bits per heavy atom. The van der Waals surface area contributed by atoms with Crippen molar-refractivity contribution in [2.24, 2.45) is 0 Å². The first-order chi connectivity index (χ1) is 17.0. The van der Waals surface area contributed by atoms with Crippen molar-refractivity contribution in [3.8, 4) is 0 Å². The Labute approximate surface area is 215 Å². The molecule has 35 heavy (non-hydrogen) atoms. The van der Waals surface area contributed by atoms with Crippen LogP contribution < -0.4 is 5.32 Å². The lowest BCUT2D eigenvalue weighted by molar-refractivity contribution is -0.113. The van der Waals surface area contributed by atoms with Crippen LogP contribution in [0.25, 0.3) is 10.2 Å². The lowest BCUT2D eigenvalue weighted by Crippen LogP contribution is -2.14. The van der Waals surface area contributed by atoms with Gasteiger partial charge in [0.25, 0.3) is 0 Å². The summed E-state index contributed by atoms with van der Waals surface area (Å²) >= 11 is 4.37. The van der Waals surface area contributed by atoms with Crippen molar-refractivity contribution in [1.29, 1.82) is 0 Å². The molecule has 8 nitrogen and oxygen atoms in total. The van der Waals surface area contributed by atoms with Crippen LogP contribution >= 0.6 is 34.9 Å². The first kappa shape index (κ1) is 25.2. The van der Waals surface area contributed by atoms with E-state index in [1.54, 1.807) is 36.9 Å². The summed E-state index contributed by atoms with van der Waals surface area (Å²) in [4.78, 5) is 30.1. The van der Waals surface area contributed by atoms with Crippen molar-refractivity contribution in [2.45, 2.75) is 43.1 Å². The number of thiazole rings is 1. The summed E-state index contributed by atoms with van der Waals surface area (Å²) in [6.45, 7) is 6.92. The number of amides is 1. The molecule has 2 aromatic heterocycles. The molecule has 0 radical (unpaired) electrons. The average Bonchev–Trinajstić information content (AvgIpc) is 3.44. The first-order valence-corrected chi connectivity index (χ1v) is 13.9. The van der Waals surface area contributed by atoms with Crippen LogP contribution in [-0.2, 0) is 21.8 Å². The third-order valence-corrected chi connectivity index (χ3v) is 7.89. The van der Waals surface area contributed by atoms with Crippen LogP contribution in [0.2, 0.25) is 0 Å². The molecule has 0 aliphatic rings. The number of aromatic nitrogens is 4. The van der Waals surface area contributed by atoms with Gasteiger partial charge in [0, 0.05) is 11.4 Å². The molecule has 0 atom stereocenters. The van der Waals surface area contributed by atoms with Crippen LogP contribution in [0.15, 0.2) is 52.5 Å². The van der Waals surface area contributed by atoms with Crippen molar-refractivity contribution in [3.63, 3.8) is 0 Å². The molecule has 4 rings (SSSR count). The topological polar surface area (TPSA) is 99.0 Å². The quantitative estimate of drug-likeness (QED) is 0.216. The second kappa shape index (κ2) is 11.7. The number of anilines is 1. The van der Waals surface area contributed by atoms with E-state index in [0.717, 1.165) is 17.1 Å². The highest BCUT2D eigenvalue weighted by Gasteiger charge is 2.15. The second-order valence-electron chi connectivity index (χ2n) is 7.50. The monoisotopic (exact) mass is 527 g/mol. The van der Waals surface area contributed by atoms with Gasteiger partial charge in [0.05, 0.1) is 33.9 Å². The van der Waals surface area contributed by atoms with Gasteiger partial charge in [-0.25, -0.2) is 9.78 Å². The number of carbonyl (C=O) groups is 2. The first-order valence-electron chi connectivity index (χ1n) is 11.1. The predicted octanol–water partition coefficient (Wildman–Crippen LogP) is 5.42. The minimum absolute atomic E-state index is 0.180. The Morgan fingerprint density at radius 1 is 1.09 bits per heavy atom. The highest BCUT2D eigenvalue weighted by molar-refractivity contribution is 7.99. The third kappa shape index (κ3) is 6.41. The number of hydrogen-bond acceptors (Lipinski definition) is 9. The number of thioether (sulfide) groups is 2. The maximum absolute atomic E-state index is 12.6. The molecule has 2 heterocycles. The lowest BCUT2D eigenvalue weighted by atomic mass is 10.2. The summed E-state index contributed by atoms with van der Waals surface area (Å²) in [6, 6.07) is 13.6. The molecular weight excluding hydrogens is 502 g/mol. The molecule has 1 N–H and O–H groups in total. The summed E-state index contributed by atoms with van der Waals surface area (Å²) in [7, 11) is 0. The Hall–Kier alpha value is -2.89. The highest BCUT2D eigenvalue weighted by atomic mass is 32.2. The molecule has 0 unspecified atom stereocenters. The van der Waals surface area contributed by atoms with Crippen molar-refractivity contribution in [1.82, 2.24) is 19.7 Å². The van der Waals surface area contributed by atoms with Gasteiger partial charge >= 0.3 is 5.97 Å². The van der Waals surface area contributed by atoms with Gasteiger partial charge in [-0.1, -0.05) is 40.8 Å². The molecule has 11 heteroatoms. The maximum atomic E-state index is 12.6. The standard InChI is InChI=1S/C24H25N5O3S3/c1-4-29-20(13-33-17-9-6-15(3)7-10-17)27-28-24(29)34-14-21(30)26-23-25-18-11-8-16(12-19(18)35-23)22(31)32-5-2/h6-12H,4-5,13-14H2,1-3H3,(H,25,26,30). The molecule has 1 amide bonds. The fourth-order valence-corrected chi connectivity index (χ4v) is 5.82. The average molecular weight is 528 g/mol. The van der Waals surface area contributed by atoms with E-state index >= 15 is 0 Å². The van der Waals surface area contributed by atoms with E-state index in [1.807, 2.05) is 11.5 Å².